The lowest BCUT2D eigenvalue weighted by Crippen LogP contribution is -2.50. The van der Waals surface area contributed by atoms with Gasteiger partial charge in [-0.2, -0.15) is 26.4 Å². The summed E-state index contributed by atoms with van der Waals surface area (Å²) in [6.45, 7) is 4.05. The number of nitriles is 1. The molecule has 67 heavy (non-hydrogen) atoms. The first-order chi connectivity index (χ1) is 31.9. The van der Waals surface area contributed by atoms with Gasteiger partial charge in [0.2, 0.25) is 11.8 Å². The Morgan fingerprint density at radius 1 is 1.04 bits per heavy atom. The van der Waals surface area contributed by atoms with Gasteiger partial charge in [-0.25, -0.2) is 14.2 Å². The Bertz CT molecular complexity index is 2950. The van der Waals surface area contributed by atoms with Crippen LogP contribution in [-0.4, -0.2) is 123 Å². The van der Waals surface area contributed by atoms with E-state index in [9.17, 15) is 45.2 Å². The van der Waals surface area contributed by atoms with Crippen molar-refractivity contribution in [2.45, 2.75) is 63.0 Å². The molecule has 24 heteroatoms. The van der Waals surface area contributed by atoms with Crippen molar-refractivity contribution in [1.29, 1.82) is 5.26 Å². The number of hydrogen-bond donors (Lipinski definition) is 2. The molecule has 0 saturated carbocycles. The number of imide groups is 1. The van der Waals surface area contributed by atoms with Crippen molar-refractivity contribution in [2.24, 2.45) is 0 Å². The van der Waals surface area contributed by atoms with E-state index in [2.05, 4.69) is 15.0 Å². The molecule has 4 aliphatic rings. The SMILES string of the molecule is CCN(C)S(=O)(=O)Nc1ccc(F)c(Oc2ccc3ncn([C@H]4COC5(CCN(C(=O)CN6CCC(c7ccc(N8CCC(=O)NC8=O)cc7OS(=O)(=O)F)CC6)CC5)C4)c(=O)c3c2)c1C#N. The number of nitrogens with zero attached hydrogens (tertiary/aromatic N) is 7. The van der Waals surface area contributed by atoms with Crippen LogP contribution in [0.3, 0.4) is 0 Å². The Hall–Kier alpha value is -6.26. The standard InChI is InChI=1S/C43H47F2N9O11S2/c1-3-50(2)67(61,62)49-36-9-7-34(44)40(33(36)23-46)64-30-5-8-35-32(21-30)41(57)54(26-47-35)29-22-43(63-25-29)13-18-52(19-14-43)39(56)24-51-15-10-27(11-16-51)31-6-4-28(20-37(31)65-66(45,59)60)53-17-12-38(55)48-42(53)58/h4-9,20-21,26-27,29,49H,3,10-19,22,24-25H2,1-2H3,(H,48,55,58)/t29-/m1/s1. The number of amides is 4. The molecule has 4 aromatic rings. The second kappa shape index (κ2) is 18.8. The molecule has 5 heterocycles. The Labute approximate surface area is 384 Å². The van der Waals surface area contributed by atoms with Crippen LogP contribution < -0.4 is 29.4 Å². The van der Waals surface area contributed by atoms with Crippen molar-refractivity contribution >= 4 is 60.8 Å². The highest BCUT2D eigenvalue weighted by molar-refractivity contribution is 7.90. The second-order valence-electron chi connectivity index (χ2n) is 16.9. The monoisotopic (exact) mass is 967 g/mol. The first kappa shape index (κ1) is 47.2. The van der Waals surface area contributed by atoms with Crippen molar-refractivity contribution in [3.63, 3.8) is 0 Å². The van der Waals surface area contributed by atoms with Gasteiger partial charge < -0.3 is 18.6 Å². The topological polar surface area (TPSA) is 243 Å². The molecule has 4 amide bonds. The maximum absolute atomic E-state index is 15.1. The van der Waals surface area contributed by atoms with Crippen LogP contribution in [-0.2, 0) is 35.0 Å². The molecule has 0 aliphatic carbocycles. The number of likely N-dealkylation sites (tertiary alicyclic amines) is 2. The summed E-state index contributed by atoms with van der Waals surface area (Å²) in [7, 11) is -8.11. The number of urea groups is 1. The van der Waals surface area contributed by atoms with Crippen LogP contribution in [0, 0.1) is 17.1 Å². The highest BCUT2D eigenvalue weighted by atomic mass is 32.3. The van der Waals surface area contributed by atoms with Gasteiger partial charge in [0, 0.05) is 51.4 Å². The predicted molar refractivity (Wildman–Crippen MR) is 237 cm³/mol. The van der Waals surface area contributed by atoms with E-state index in [1.807, 2.05) is 11.0 Å². The minimum Gasteiger partial charge on any atom is -0.453 e. The molecular weight excluding hydrogens is 921 g/mol. The lowest BCUT2D eigenvalue weighted by atomic mass is 9.87. The third-order valence-corrected chi connectivity index (χ3v) is 14.8. The first-order valence-corrected chi connectivity index (χ1v) is 24.3. The molecule has 1 atom stereocenters. The number of halogens is 2. The van der Waals surface area contributed by atoms with E-state index in [-0.39, 0.29) is 78.8 Å². The fourth-order valence-electron chi connectivity index (χ4n) is 9.02. The molecule has 0 unspecified atom stereocenters. The third kappa shape index (κ3) is 10.2. The average Bonchev–Trinajstić information content (AvgIpc) is 3.69. The fourth-order valence-corrected chi connectivity index (χ4v) is 10.3. The minimum absolute atomic E-state index is 0.0116. The largest absolute Gasteiger partial charge is 0.488 e. The average molecular weight is 968 g/mol. The van der Waals surface area contributed by atoms with Gasteiger partial charge in [0.05, 0.1) is 47.7 Å². The molecule has 1 spiro atoms. The van der Waals surface area contributed by atoms with E-state index >= 15 is 4.39 Å². The maximum atomic E-state index is 15.1. The number of aromatic nitrogens is 2. The smallest absolute Gasteiger partial charge is 0.453 e. The number of anilines is 2. The number of fused-ring (bicyclic) bond motifs is 1. The fraction of sp³-hybridized carbons (Fsp3) is 0.442. The van der Waals surface area contributed by atoms with Gasteiger partial charge in [-0.15, -0.1) is 0 Å². The summed E-state index contributed by atoms with van der Waals surface area (Å²) in [5.74, 6) is -2.43. The van der Waals surface area contributed by atoms with Crippen molar-refractivity contribution < 1.29 is 53.2 Å². The predicted octanol–water partition coefficient (Wildman–Crippen LogP) is 4.05. The van der Waals surface area contributed by atoms with Gasteiger partial charge in [0.1, 0.15) is 17.4 Å². The lowest BCUT2D eigenvalue weighted by molar-refractivity contribution is -0.137. The van der Waals surface area contributed by atoms with Gasteiger partial charge in [0.25, 0.3) is 5.56 Å². The van der Waals surface area contributed by atoms with Crippen LogP contribution in [0.4, 0.5) is 24.4 Å². The summed E-state index contributed by atoms with van der Waals surface area (Å²) in [5, 5.41) is 12.3. The summed E-state index contributed by atoms with van der Waals surface area (Å²) < 4.78 is 99.1. The van der Waals surface area contributed by atoms with Crippen molar-refractivity contribution in [3.05, 3.63) is 82.2 Å². The zero-order valence-electron chi connectivity index (χ0n) is 36.4. The number of carbonyl (C=O) groups is 3. The number of piperidine rings is 2. The summed E-state index contributed by atoms with van der Waals surface area (Å²) in [6, 6.07) is 11.6. The molecule has 1 aromatic heterocycles. The summed E-state index contributed by atoms with van der Waals surface area (Å²) in [5.41, 5.74) is -0.547. The Morgan fingerprint density at radius 3 is 2.48 bits per heavy atom. The molecule has 8 rings (SSSR count). The van der Waals surface area contributed by atoms with Crippen LogP contribution in [0.5, 0.6) is 17.2 Å². The van der Waals surface area contributed by atoms with Gasteiger partial charge in [-0.1, -0.05) is 16.9 Å². The summed E-state index contributed by atoms with van der Waals surface area (Å²) in [4.78, 5) is 61.0. The number of carbonyl (C=O) groups excluding carboxylic acids is 3. The third-order valence-electron chi connectivity index (χ3n) is 12.8. The number of hydrogen-bond acceptors (Lipinski definition) is 14. The van der Waals surface area contributed by atoms with Crippen molar-refractivity contribution in [2.75, 3.05) is 69.1 Å². The minimum atomic E-state index is -5.40. The Morgan fingerprint density at radius 2 is 1.79 bits per heavy atom. The second-order valence-corrected chi connectivity index (χ2v) is 19.6. The highest BCUT2D eigenvalue weighted by Gasteiger charge is 2.44. The molecule has 2 N–H and O–H groups in total. The van der Waals surface area contributed by atoms with E-state index in [1.54, 1.807) is 24.0 Å². The molecule has 3 aromatic carbocycles. The van der Waals surface area contributed by atoms with E-state index in [4.69, 9.17) is 13.7 Å². The van der Waals surface area contributed by atoms with Gasteiger partial charge in [0.15, 0.2) is 17.3 Å². The quantitative estimate of drug-likeness (QED) is 0.180. The Balaban J connectivity index is 0.871. The molecule has 4 saturated heterocycles. The zero-order chi connectivity index (χ0) is 47.8. The van der Waals surface area contributed by atoms with Crippen LogP contribution in [0.1, 0.15) is 68.5 Å². The van der Waals surface area contributed by atoms with E-state index in [1.165, 1.54) is 47.1 Å². The zero-order valence-corrected chi connectivity index (χ0v) is 38.1. The summed E-state index contributed by atoms with van der Waals surface area (Å²) in [6.07, 6.45) is 4.07. The van der Waals surface area contributed by atoms with Crippen LogP contribution in [0.25, 0.3) is 10.9 Å². The number of rotatable bonds is 13. The molecule has 356 valence electrons. The number of ether oxygens (including phenoxy) is 2. The van der Waals surface area contributed by atoms with Crippen LogP contribution in [0.2, 0.25) is 0 Å². The van der Waals surface area contributed by atoms with Crippen LogP contribution >= 0.6 is 0 Å². The lowest BCUT2D eigenvalue weighted by Gasteiger charge is -2.40. The van der Waals surface area contributed by atoms with Gasteiger partial charge in [-0.05, 0) is 93.1 Å². The Kier molecular flexibility index (Phi) is 13.2. The maximum Gasteiger partial charge on any atom is 0.488 e. The molecule has 4 fully saturated rings. The van der Waals surface area contributed by atoms with E-state index < -0.39 is 60.9 Å². The van der Waals surface area contributed by atoms with E-state index in [0.717, 1.165) is 16.4 Å². The van der Waals surface area contributed by atoms with Gasteiger partial charge in [-0.3, -0.25) is 38.8 Å². The van der Waals surface area contributed by atoms with Crippen molar-refractivity contribution in [1.82, 2.24) is 29.0 Å². The molecular formula is C43H47F2N9O11S2. The van der Waals surface area contributed by atoms with E-state index in [0.29, 0.717) is 69.4 Å². The van der Waals surface area contributed by atoms with Gasteiger partial charge >= 0.3 is 26.7 Å². The first-order valence-electron chi connectivity index (χ1n) is 21.5. The molecule has 0 bridgehead atoms. The molecule has 20 nitrogen and oxygen atoms in total. The molecule has 0 radical (unpaired) electrons. The molecule has 4 aliphatic heterocycles. The van der Waals surface area contributed by atoms with Crippen molar-refractivity contribution in [3.8, 4) is 23.3 Å². The highest BCUT2D eigenvalue weighted by Crippen LogP contribution is 2.42. The normalized spacial score (nSPS) is 19.4. The van der Waals surface area contributed by atoms with Crippen LogP contribution in [0.15, 0.2) is 59.7 Å². The summed E-state index contributed by atoms with van der Waals surface area (Å²) >= 11 is 0. The number of benzene rings is 3. The number of nitrogens with one attached hydrogen (secondary N) is 2.